The summed E-state index contributed by atoms with van der Waals surface area (Å²) < 4.78 is 5.27. The molecule has 0 bridgehead atoms. The van der Waals surface area contributed by atoms with Gasteiger partial charge < -0.3 is 26.0 Å². The van der Waals surface area contributed by atoms with Crippen molar-refractivity contribution in [2.45, 2.75) is 24.4 Å². The zero-order valence-corrected chi connectivity index (χ0v) is 20.3. The SMILES string of the molecule is NC(Cc1ccccc1)C(=O)O.O=C(NC(CS)C(=O)O)OCC1c2ccccc2-c2ccccc21. The van der Waals surface area contributed by atoms with Crippen LogP contribution in [0, 0.1) is 0 Å². The molecule has 3 aromatic carbocycles. The summed E-state index contributed by atoms with van der Waals surface area (Å²) >= 11 is 3.91. The van der Waals surface area contributed by atoms with Crippen LogP contribution in [0.4, 0.5) is 4.79 Å². The predicted molar refractivity (Wildman–Crippen MR) is 139 cm³/mol. The fraction of sp³-hybridized carbons (Fsp3) is 0.222. The van der Waals surface area contributed by atoms with Gasteiger partial charge in [-0.1, -0.05) is 78.9 Å². The lowest BCUT2D eigenvalue weighted by Gasteiger charge is -2.16. The van der Waals surface area contributed by atoms with Gasteiger partial charge in [-0.05, 0) is 34.2 Å². The maximum absolute atomic E-state index is 11.9. The van der Waals surface area contributed by atoms with Crippen LogP contribution in [0.15, 0.2) is 78.9 Å². The molecule has 0 aromatic heterocycles. The Labute approximate surface area is 214 Å². The van der Waals surface area contributed by atoms with E-state index in [0.29, 0.717) is 6.42 Å². The molecular formula is C27H28N2O6S. The molecule has 36 heavy (non-hydrogen) atoms. The first kappa shape index (κ1) is 26.8. The molecule has 1 amide bonds. The summed E-state index contributed by atoms with van der Waals surface area (Å²) in [4.78, 5) is 33.2. The van der Waals surface area contributed by atoms with Crippen LogP contribution < -0.4 is 11.1 Å². The van der Waals surface area contributed by atoms with E-state index in [-0.39, 0.29) is 18.3 Å². The van der Waals surface area contributed by atoms with Gasteiger partial charge in [0.15, 0.2) is 0 Å². The van der Waals surface area contributed by atoms with E-state index < -0.39 is 30.1 Å². The quantitative estimate of drug-likeness (QED) is 0.293. The molecule has 2 unspecified atom stereocenters. The number of aliphatic carboxylic acids is 2. The number of benzene rings is 3. The Morgan fingerprint density at radius 1 is 0.861 bits per heavy atom. The van der Waals surface area contributed by atoms with Gasteiger partial charge in [-0.2, -0.15) is 12.6 Å². The Balaban J connectivity index is 0.000000253. The minimum Gasteiger partial charge on any atom is -0.480 e. The number of thiol groups is 1. The Bertz CT molecular complexity index is 1160. The molecule has 1 aliphatic rings. The predicted octanol–water partition coefficient (Wildman–Crippen LogP) is 3.55. The summed E-state index contributed by atoms with van der Waals surface area (Å²) in [7, 11) is 0. The highest BCUT2D eigenvalue weighted by Crippen LogP contribution is 2.44. The van der Waals surface area contributed by atoms with Crippen LogP contribution in [0.2, 0.25) is 0 Å². The number of carbonyl (C=O) groups is 3. The Morgan fingerprint density at radius 3 is 1.89 bits per heavy atom. The number of rotatable bonds is 8. The molecule has 0 saturated heterocycles. The molecule has 0 fully saturated rings. The van der Waals surface area contributed by atoms with Crippen molar-refractivity contribution in [3.63, 3.8) is 0 Å². The zero-order valence-electron chi connectivity index (χ0n) is 19.4. The van der Waals surface area contributed by atoms with Crippen molar-refractivity contribution >= 4 is 30.7 Å². The molecule has 2 atom stereocenters. The highest BCUT2D eigenvalue weighted by atomic mass is 32.1. The van der Waals surface area contributed by atoms with Gasteiger partial charge in [0.2, 0.25) is 0 Å². The van der Waals surface area contributed by atoms with E-state index in [2.05, 4.69) is 30.1 Å². The second-order valence-electron chi connectivity index (χ2n) is 8.18. The van der Waals surface area contributed by atoms with Crippen LogP contribution in [0.3, 0.4) is 0 Å². The first-order chi connectivity index (χ1) is 17.3. The van der Waals surface area contributed by atoms with Crippen molar-refractivity contribution in [1.82, 2.24) is 5.32 Å². The molecule has 9 heteroatoms. The minimum atomic E-state index is -1.14. The third-order valence-corrected chi connectivity index (χ3v) is 6.10. The monoisotopic (exact) mass is 508 g/mol. The van der Waals surface area contributed by atoms with Crippen molar-refractivity contribution in [3.05, 3.63) is 95.6 Å². The average molecular weight is 509 g/mol. The minimum absolute atomic E-state index is 0.000468. The molecule has 0 aliphatic heterocycles. The third-order valence-electron chi connectivity index (χ3n) is 5.73. The van der Waals surface area contributed by atoms with Crippen LogP contribution in [-0.2, 0) is 20.7 Å². The number of nitrogens with one attached hydrogen (secondary N) is 1. The van der Waals surface area contributed by atoms with Crippen LogP contribution in [0.25, 0.3) is 11.1 Å². The summed E-state index contributed by atoms with van der Waals surface area (Å²) in [6.07, 6.45) is -0.366. The molecule has 5 N–H and O–H groups in total. The number of fused-ring (bicyclic) bond motifs is 3. The molecule has 0 saturated carbocycles. The van der Waals surface area contributed by atoms with Crippen molar-refractivity contribution in [3.8, 4) is 11.1 Å². The highest BCUT2D eigenvalue weighted by molar-refractivity contribution is 7.80. The topological polar surface area (TPSA) is 139 Å². The molecule has 8 nitrogen and oxygen atoms in total. The molecular weight excluding hydrogens is 480 g/mol. The number of ether oxygens (including phenoxy) is 1. The summed E-state index contributed by atoms with van der Waals surface area (Å²) in [5, 5.41) is 19.8. The van der Waals surface area contributed by atoms with E-state index in [1.54, 1.807) is 0 Å². The van der Waals surface area contributed by atoms with E-state index >= 15 is 0 Å². The molecule has 1 aliphatic carbocycles. The van der Waals surface area contributed by atoms with Crippen LogP contribution in [0.5, 0.6) is 0 Å². The van der Waals surface area contributed by atoms with E-state index in [1.807, 2.05) is 66.7 Å². The number of alkyl carbamates (subject to hydrolysis) is 1. The van der Waals surface area contributed by atoms with Gasteiger partial charge in [-0.15, -0.1) is 0 Å². The van der Waals surface area contributed by atoms with Gasteiger partial charge in [-0.25, -0.2) is 9.59 Å². The lowest BCUT2D eigenvalue weighted by molar-refractivity contribution is -0.139. The van der Waals surface area contributed by atoms with Crippen molar-refractivity contribution in [1.29, 1.82) is 0 Å². The van der Waals surface area contributed by atoms with Crippen molar-refractivity contribution in [2.24, 2.45) is 5.73 Å². The Kier molecular flexibility index (Phi) is 9.49. The van der Waals surface area contributed by atoms with Crippen molar-refractivity contribution in [2.75, 3.05) is 12.4 Å². The lowest BCUT2D eigenvalue weighted by atomic mass is 9.98. The molecule has 4 rings (SSSR count). The summed E-state index contributed by atoms with van der Waals surface area (Å²) in [6.45, 7) is 0.152. The molecule has 0 radical (unpaired) electrons. The first-order valence-electron chi connectivity index (χ1n) is 11.3. The normalized spacial score (nSPS) is 13.3. The van der Waals surface area contributed by atoms with E-state index in [0.717, 1.165) is 27.8 Å². The Hall–Kier alpha value is -3.82. The largest absolute Gasteiger partial charge is 0.480 e. The van der Waals surface area contributed by atoms with Crippen LogP contribution >= 0.6 is 12.6 Å². The van der Waals surface area contributed by atoms with Crippen LogP contribution in [0.1, 0.15) is 22.6 Å². The van der Waals surface area contributed by atoms with Gasteiger partial charge in [0.25, 0.3) is 0 Å². The maximum atomic E-state index is 11.9. The fourth-order valence-electron chi connectivity index (χ4n) is 3.92. The molecule has 188 valence electrons. The van der Waals surface area contributed by atoms with E-state index in [1.165, 1.54) is 0 Å². The number of hydrogen-bond acceptors (Lipinski definition) is 6. The lowest BCUT2D eigenvalue weighted by Crippen LogP contribution is -2.42. The summed E-state index contributed by atoms with van der Waals surface area (Å²) in [6, 6.07) is 23.5. The highest BCUT2D eigenvalue weighted by Gasteiger charge is 2.29. The zero-order chi connectivity index (χ0) is 26.1. The Morgan fingerprint density at radius 2 is 1.39 bits per heavy atom. The van der Waals surface area contributed by atoms with Gasteiger partial charge in [0.1, 0.15) is 18.7 Å². The second kappa shape index (κ2) is 12.8. The third kappa shape index (κ3) is 6.87. The second-order valence-corrected chi connectivity index (χ2v) is 8.54. The van der Waals surface area contributed by atoms with Gasteiger partial charge >= 0.3 is 18.0 Å². The number of hydrogen-bond donors (Lipinski definition) is 5. The average Bonchev–Trinajstić information content (AvgIpc) is 3.20. The molecule has 0 spiro atoms. The first-order valence-corrected chi connectivity index (χ1v) is 11.9. The maximum Gasteiger partial charge on any atom is 0.407 e. The molecule has 0 heterocycles. The van der Waals surface area contributed by atoms with E-state index in [9.17, 15) is 14.4 Å². The number of carboxylic acids is 2. The van der Waals surface area contributed by atoms with Crippen molar-refractivity contribution < 1.29 is 29.3 Å². The van der Waals surface area contributed by atoms with E-state index in [4.69, 9.17) is 20.7 Å². The van der Waals surface area contributed by atoms with Gasteiger partial charge in [0.05, 0.1) is 0 Å². The molecule has 3 aromatic rings. The smallest absolute Gasteiger partial charge is 0.407 e. The number of nitrogens with two attached hydrogens (primary N) is 1. The standard InChI is InChI=1S/C18H17NO4S.C9H11NO2/c20-17(21)16(10-24)19-18(22)23-9-15-13-7-3-1-5-11(13)12-6-2-4-8-14(12)15;10-8(9(11)12)6-7-4-2-1-3-5-7/h1-8,15-16,24H,9-10H2,(H,19,22)(H,20,21);1-5,8H,6,10H2,(H,11,12). The summed E-state index contributed by atoms with van der Waals surface area (Å²) in [5.41, 5.74) is 10.8. The van der Waals surface area contributed by atoms with Gasteiger partial charge in [-0.3, -0.25) is 4.79 Å². The van der Waals surface area contributed by atoms with Gasteiger partial charge in [0, 0.05) is 11.7 Å². The summed E-state index contributed by atoms with van der Waals surface area (Å²) in [5.74, 6) is -2.15. The number of carbonyl (C=O) groups excluding carboxylic acids is 1. The fourth-order valence-corrected chi connectivity index (χ4v) is 4.17. The number of carboxylic acid groups (broad SMARTS) is 2. The van der Waals surface area contributed by atoms with Crippen LogP contribution in [-0.4, -0.2) is 52.7 Å². The number of amides is 1.